The van der Waals surface area contributed by atoms with Crippen LogP contribution in [0, 0.1) is 12.3 Å². The van der Waals surface area contributed by atoms with Gasteiger partial charge in [-0.05, 0) is 19.8 Å². The van der Waals surface area contributed by atoms with E-state index in [1.165, 1.54) is 6.92 Å². The van der Waals surface area contributed by atoms with E-state index in [4.69, 9.17) is 22.8 Å². The summed E-state index contributed by atoms with van der Waals surface area (Å²) in [6, 6.07) is 0. The second kappa shape index (κ2) is 5.05. The van der Waals surface area contributed by atoms with E-state index < -0.39 is 5.60 Å². The monoisotopic (exact) mass is 188 g/mol. The maximum atomic E-state index is 10.6. The molecule has 0 bridgehead atoms. The van der Waals surface area contributed by atoms with Crippen molar-refractivity contribution in [2.24, 2.45) is 0 Å². The fraction of sp³-hybridized carbons (Fsp3) is 0.667. The molecule has 0 spiro atoms. The van der Waals surface area contributed by atoms with Crippen molar-refractivity contribution < 1.29 is 9.53 Å². The summed E-state index contributed by atoms with van der Waals surface area (Å²) in [5, 5.41) is 0. The van der Waals surface area contributed by atoms with Gasteiger partial charge in [0.15, 0.2) is 5.60 Å². The van der Waals surface area contributed by atoms with Gasteiger partial charge in [-0.25, -0.2) is 0 Å². The molecule has 68 valence electrons. The van der Waals surface area contributed by atoms with Crippen LogP contribution in [0.25, 0.3) is 0 Å². The molecule has 1 atom stereocenters. The minimum Gasteiger partial charge on any atom is -0.446 e. The summed E-state index contributed by atoms with van der Waals surface area (Å²) in [7, 11) is 0. The third-order valence-corrected chi connectivity index (χ3v) is 1.73. The third kappa shape index (κ3) is 4.25. The number of esters is 1. The van der Waals surface area contributed by atoms with Crippen LogP contribution in [0.2, 0.25) is 0 Å². The smallest absolute Gasteiger partial charge is 0.304 e. The first-order valence-corrected chi connectivity index (χ1v) is 4.31. The Labute approximate surface area is 78.2 Å². The molecule has 0 aliphatic rings. The molecule has 0 heterocycles. The summed E-state index contributed by atoms with van der Waals surface area (Å²) < 4.78 is 4.96. The lowest BCUT2D eigenvalue weighted by Gasteiger charge is -2.22. The summed E-state index contributed by atoms with van der Waals surface area (Å²) in [6.45, 7) is 3.05. The minimum absolute atomic E-state index is 0.356. The zero-order chi connectivity index (χ0) is 9.61. The molecule has 3 heteroatoms. The van der Waals surface area contributed by atoms with Gasteiger partial charge in [-0.3, -0.25) is 4.79 Å². The number of carbonyl (C=O) groups excluding carboxylic acids is 1. The molecule has 0 fully saturated rings. The number of halogens is 1. The summed E-state index contributed by atoms with van der Waals surface area (Å²) in [6.07, 6.45) is 6.58. The molecule has 0 saturated heterocycles. The van der Waals surface area contributed by atoms with Crippen LogP contribution in [-0.2, 0) is 9.53 Å². The van der Waals surface area contributed by atoms with E-state index in [1.807, 2.05) is 0 Å². The zero-order valence-corrected chi connectivity index (χ0v) is 8.15. The standard InChI is InChI=1S/C9H13ClO2/c1-4-9(3,6-5-7-10)12-8(2)11/h1H,5-7H2,2-3H3/t9-/m0/s1. The lowest BCUT2D eigenvalue weighted by molar-refractivity contribution is -0.150. The molecule has 0 aromatic carbocycles. The van der Waals surface area contributed by atoms with Gasteiger partial charge in [0.1, 0.15) is 0 Å². The fourth-order valence-corrected chi connectivity index (χ4v) is 1.01. The lowest BCUT2D eigenvalue weighted by atomic mass is 10.0. The Morgan fingerprint density at radius 1 is 1.75 bits per heavy atom. The fourth-order valence-electron chi connectivity index (χ4n) is 0.874. The first-order valence-electron chi connectivity index (χ1n) is 3.77. The van der Waals surface area contributed by atoms with Gasteiger partial charge in [0.2, 0.25) is 0 Å². The van der Waals surface area contributed by atoms with Crippen molar-refractivity contribution in [1.29, 1.82) is 0 Å². The maximum absolute atomic E-state index is 10.6. The van der Waals surface area contributed by atoms with Gasteiger partial charge in [-0.15, -0.1) is 18.0 Å². The summed E-state index contributed by atoms with van der Waals surface area (Å²) >= 11 is 5.49. The Morgan fingerprint density at radius 3 is 2.67 bits per heavy atom. The van der Waals surface area contributed by atoms with E-state index in [-0.39, 0.29) is 5.97 Å². The highest BCUT2D eigenvalue weighted by Crippen LogP contribution is 2.17. The number of alkyl halides is 1. The zero-order valence-electron chi connectivity index (χ0n) is 7.39. The Bertz CT molecular complexity index is 195. The Balaban J connectivity index is 4.07. The van der Waals surface area contributed by atoms with Gasteiger partial charge in [0, 0.05) is 12.8 Å². The quantitative estimate of drug-likeness (QED) is 0.383. The van der Waals surface area contributed by atoms with Crippen LogP contribution >= 0.6 is 11.6 Å². The molecule has 0 aliphatic carbocycles. The van der Waals surface area contributed by atoms with E-state index in [9.17, 15) is 4.79 Å². The van der Waals surface area contributed by atoms with Crippen molar-refractivity contribution >= 4 is 17.6 Å². The van der Waals surface area contributed by atoms with Gasteiger partial charge in [0.25, 0.3) is 0 Å². The van der Waals surface area contributed by atoms with E-state index in [0.717, 1.165) is 6.42 Å². The van der Waals surface area contributed by atoms with Crippen LogP contribution in [0.1, 0.15) is 26.7 Å². The van der Waals surface area contributed by atoms with Gasteiger partial charge < -0.3 is 4.74 Å². The van der Waals surface area contributed by atoms with Gasteiger partial charge >= 0.3 is 5.97 Å². The predicted molar refractivity (Wildman–Crippen MR) is 49.0 cm³/mol. The van der Waals surface area contributed by atoms with E-state index in [2.05, 4.69) is 5.92 Å². The molecule has 0 amide bonds. The van der Waals surface area contributed by atoms with Gasteiger partial charge in [-0.2, -0.15) is 0 Å². The average Bonchev–Trinajstić information content (AvgIpc) is 2.00. The van der Waals surface area contributed by atoms with Crippen molar-refractivity contribution in [2.75, 3.05) is 5.88 Å². The van der Waals surface area contributed by atoms with Crippen LogP contribution in [0.15, 0.2) is 0 Å². The van der Waals surface area contributed by atoms with Crippen LogP contribution in [0.3, 0.4) is 0 Å². The molecule has 0 aromatic rings. The first-order chi connectivity index (χ1) is 5.54. The summed E-state index contributed by atoms with van der Waals surface area (Å²) in [5.74, 6) is 2.61. The highest BCUT2D eigenvalue weighted by molar-refractivity contribution is 6.17. The van der Waals surface area contributed by atoms with Crippen molar-refractivity contribution in [3.05, 3.63) is 0 Å². The summed E-state index contributed by atoms with van der Waals surface area (Å²) in [5.41, 5.74) is -0.791. The summed E-state index contributed by atoms with van der Waals surface area (Å²) in [4.78, 5) is 10.6. The molecule has 0 aromatic heterocycles. The molecule has 0 aliphatic heterocycles. The molecule has 0 rings (SSSR count). The minimum atomic E-state index is -0.791. The van der Waals surface area contributed by atoms with Gasteiger partial charge in [-0.1, -0.05) is 5.92 Å². The second-order valence-corrected chi connectivity index (χ2v) is 3.14. The second-order valence-electron chi connectivity index (χ2n) is 2.76. The maximum Gasteiger partial charge on any atom is 0.304 e. The number of carbonyl (C=O) groups is 1. The van der Waals surface area contributed by atoms with Gasteiger partial charge in [0.05, 0.1) is 0 Å². The molecule has 12 heavy (non-hydrogen) atoms. The number of hydrogen-bond donors (Lipinski definition) is 0. The van der Waals surface area contributed by atoms with Crippen LogP contribution in [0.4, 0.5) is 0 Å². The predicted octanol–water partition coefficient (Wildman–Crippen LogP) is 1.96. The van der Waals surface area contributed by atoms with Crippen LogP contribution in [0.5, 0.6) is 0 Å². The number of terminal acetylenes is 1. The van der Waals surface area contributed by atoms with Crippen LogP contribution < -0.4 is 0 Å². The lowest BCUT2D eigenvalue weighted by Crippen LogP contribution is -2.28. The molecule has 0 unspecified atom stereocenters. The number of ether oxygens (including phenoxy) is 1. The normalized spacial score (nSPS) is 14.5. The molecule has 0 saturated carbocycles. The first kappa shape index (κ1) is 11.3. The Hall–Kier alpha value is -0.680. The van der Waals surface area contributed by atoms with Crippen molar-refractivity contribution in [2.45, 2.75) is 32.3 Å². The highest BCUT2D eigenvalue weighted by atomic mass is 35.5. The Kier molecular flexibility index (Phi) is 4.77. The number of hydrogen-bond acceptors (Lipinski definition) is 2. The average molecular weight is 189 g/mol. The van der Waals surface area contributed by atoms with E-state index in [1.54, 1.807) is 6.92 Å². The largest absolute Gasteiger partial charge is 0.446 e. The third-order valence-electron chi connectivity index (χ3n) is 1.46. The molecule has 0 radical (unpaired) electrons. The molecule has 0 N–H and O–H groups in total. The van der Waals surface area contributed by atoms with E-state index in [0.29, 0.717) is 12.3 Å². The SMILES string of the molecule is C#C[C@@](C)(CCCCl)OC(C)=O. The molecule has 2 nitrogen and oxygen atoms in total. The molecular weight excluding hydrogens is 176 g/mol. The van der Waals surface area contributed by atoms with Crippen molar-refractivity contribution in [3.8, 4) is 12.3 Å². The van der Waals surface area contributed by atoms with Crippen LogP contribution in [-0.4, -0.2) is 17.5 Å². The van der Waals surface area contributed by atoms with E-state index >= 15 is 0 Å². The topological polar surface area (TPSA) is 26.3 Å². The highest BCUT2D eigenvalue weighted by Gasteiger charge is 2.23. The number of rotatable bonds is 4. The van der Waals surface area contributed by atoms with Crippen molar-refractivity contribution in [1.82, 2.24) is 0 Å². The molecular formula is C9H13ClO2. The Morgan fingerprint density at radius 2 is 2.33 bits per heavy atom. The van der Waals surface area contributed by atoms with Crippen molar-refractivity contribution in [3.63, 3.8) is 0 Å².